The number of fused-ring (bicyclic) bond motifs is 1. The Morgan fingerprint density at radius 2 is 2.16 bits per heavy atom. The van der Waals surface area contributed by atoms with E-state index in [2.05, 4.69) is 41.1 Å². The highest BCUT2D eigenvalue weighted by Gasteiger charge is 2.24. The van der Waals surface area contributed by atoms with Gasteiger partial charge in [0.1, 0.15) is 0 Å². The van der Waals surface area contributed by atoms with Gasteiger partial charge in [0.15, 0.2) is 0 Å². The lowest BCUT2D eigenvalue weighted by molar-refractivity contribution is 0.180. The lowest BCUT2D eigenvalue weighted by Crippen LogP contribution is -2.39. The Morgan fingerprint density at radius 3 is 3.00 bits per heavy atom. The Labute approximate surface area is 119 Å². The third kappa shape index (κ3) is 2.75. The van der Waals surface area contributed by atoms with Crippen LogP contribution in [0.25, 0.3) is 10.9 Å². The Kier molecular flexibility index (Phi) is 3.72. The van der Waals surface area contributed by atoms with Crippen LogP contribution in [0.1, 0.15) is 18.9 Å². The molecule has 3 rings (SSSR count). The van der Waals surface area contributed by atoms with Crippen molar-refractivity contribution in [1.82, 2.24) is 9.88 Å². The number of hydrogen-bond acceptors (Lipinski definition) is 2. The molecule has 1 aromatic heterocycles. The average Bonchev–Trinajstić information content (AvgIpc) is 2.43. The number of benzene rings is 1. The van der Waals surface area contributed by atoms with Crippen LogP contribution in [-0.4, -0.2) is 28.4 Å². The zero-order chi connectivity index (χ0) is 13.2. The molecule has 0 radical (unpaired) electrons. The molecule has 1 fully saturated rings. The second kappa shape index (κ2) is 5.48. The van der Waals surface area contributed by atoms with E-state index in [1.54, 1.807) is 0 Å². The zero-order valence-corrected chi connectivity index (χ0v) is 12.0. The highest BCUT2D eigenvalue weighted by molar-refractivity contribution is 6.20. The van der Waals surface area contributed by atoms with Crippen LogP contribution in [-0.2, 0) is 6.54 Å². The van der Waals surface area contributed by atoms with Crippen molar-refractivity contribution in [3.8, 4) is 0 Å². The molecule has 0 bridgehead atoms. The first-order valence-electron chi connectivity index (χ1n) is 6.93. The average molecular weight is 275 g/mol. The number of aromatic nitrogens is 1. The molecule has 19 heavy (non-hydrogen) atoms. The third-order valence-electron chi connectivity index (χ3n) is 4.02. The van der Waals surface area contributed by atoms with E-state index < -0.39 is 0 Å². The molecule has 1 aliphatic rings. The number of piperidine rings is 1. The summed E-state index contributed by atoms with van der Waals surface area (Å²) in [5.41, 5.74) is 2.45. The summed E-state index contributed by atoms with van der Waals surface area (Å²) in [4.78, 5) is 6.93. The number of para-hydroxylation sites is 1. The summed E-state index contributed by atoms with van der Waals surface area (Å²) < 4.78 is 0. The Hall–Kier alpha value is -1.12. The maximum atomic E-state index is 6.29. The van der Waals surface area contributed by atoms with Gasteiger partial charge in [0.2, 0.25) is 0 Å². The smallest absolute Gasteiger partial charge is 0.0705 e. The van der Waals surface area contributed by atoms with E-state index in [4.69, 9.17) is 11.6 Å². The second-order valence-electron chi connectivity index (χ2n) is 5.50. The normalized spacial score (nSPS) is 24.7. The van der Waals surface area contributed by atoms with Gasteiger partial charge in [0.25, 0.3) is 0 Å². The number of rotatable bonds is 2. The number of likely N-dealkylation sites (tertiary alicyclic amines) is 1. The van der Waals surface area contributed by atoms with Crippen LogP contribution < -0.4 is 0 Å². The summed E-state index contributed by atoms with van der Waals surface area (Å²) in [6.45, 7) is 5.42. The van der Waals surface area contributed by atoms with Crippen molar-refractivity contribution in [2.75, 3.05) is 13.1 Å². The van der Waals surface area contributed by atoms with Crippen LogP contribution in [0.5, 0.6) is 0 Å². The molecule has 2 aromatic rings. The van der Waals surface area contributed by atoms with E-state index in [9.17, 15) is 0 Å². The molecule has 1 saturated heterocycles. The zero-order valence-electron chi connectivity index (χ0n) is 11.2. The van der Waals surface area contributed by atoms with Gasteiger partial charge in [-0.05, 0) is 36.6 Å². The van der Waals surface area contributed by atoms with Crippen molar-refractivity contribution >= 4 is 22.5 Å². The van der Waals surface area contributed by atoms with E-state index in [-0.39, 0.29) is 0 Å². The van der Waals surface area contributed by atoms with Gasteiger partial charge in [-0.15, -0.1) is 11.6 Å². The van der Waals surface area contributed by atoms with Gasteiger partial charge in [0, 0.05) is 30.0 Å². The summed E-state index contributed by atoms with van der Waals surface area (Å²) in [7, 11) is 0. The number of hydrogen-bond donors (Lipinski definition) is 0. The molecule has 0 N–H and O–H groups in total. The van der Waals surface area contributed by atoms with Gasteiger partial charge < -0.3 is 0 Å². The van der Waals surface area contributed by atoms with Gasteiger partial charge in [-0.25, -0.2) is 0 Å². The Bertz CT molecular complexity index is 564. The predicted molar refractivity (Wildman–Crippen MR) is 80.4 cm³/mol. The lowest BCUT2D eigenvalue weighted by atomic mass is 9.98. The molecule has 0 amide bonds. The summed E-state index contributed by atoms with van der Waals surface area (Å²) in [6.07, 6.45) is 3.00. The number of nitrogens with zero attached hydrogens (tertiary/aromatic N) is 2. The van der Waals surface area contributed by atoms with E-state index >= 15 is 0 Å². The molecule has 1 aliphatic heterocycles. The van der Waals surface area contributed by atoms with Crippen LogP contribution >= 0.6 is 11.6 Å². The van der Waals surface area contributed by atoms with Gasteiger partial charge in [0.05, 0.1) is 5.52 Å². The molecule has 1 aromatic carbocycles. The van der Waals surface area contributed by atoms with Crippen molar-refractivity contribution in [2.24, 2.45) is 5.92 Å². The first kappa shape index (κ1) is 12.9. The van der Waals surface area contributed by atoms with E-state index in [1.807, 2.05) is 12.3 Å². The van der Waals surface area contributed by atoms with Crippen LogP contribution in [0.3, 0.4) is 0 Å². The van der Waals surface area contributed by atoms with Crippen LogP contribution in [0.2, 0.25) is 0 Å². The molecule has 0 aliphatic carbocycles. The van der Waals surface area contributed by atoms with Crippen LogP contribution in [0.15, 0.2) is 36.5 Å². The highest BCUT2D eigenvalue weighted by atomic mass is 35.5. The van der Waals surface area contributed by atoms with Gasteiger partial charge in [-0.1, -0.05) is 25.1 Å². The highest BCUT2D eigenvalue weighted by Crippen LogP contribution is 2.24. The van der Waals surface area contributed by atoms with Crippen molar-refractivity contribution < 1.29 is 0 Å². The first-order chi connectivity index (χ1) is 9.24. The van der Waals surface area contributed by atoms with Gasteiger partial charge in [-0.3, -0.25) is 9.88 Å². The number of halogens is 1. The quantitative estimate of drug-likeness (QED) is 0.777. The van der Waals surface area contributed by atoms with Crippen molar-refractivity contribution in [3.63, 3.8) is 0 Å². The van der Waals surface area contributed by atoms with Crippen molar-refractivity contribution in [1.29, 1.82) is 0 Å². The summed E-state index contributed by atoms with van der Waals surface area (Å²) in [5, 5.41) is 1.61. The lowest BCUT2D eigenvalue weighted by Gasteiger charge is -2.34. The maximum Gasteiger partial charge on any atom is 0.0705 e. The summed E-state index contributed by atoms with van der Waals surface area (Å²) >= 11 is 6.29. The second-order valence-corrected chi connectivity index (χ2v) is 6.06. The molecule has 2 atom stereocenters. The van der Waals surface area contributed by atoms with Crippen LogP contribution in [0.4, 0.5) is 0 Å². The van der Waals surface area contributed by atoms with E-state index in [1.165, 1.54) is 10.9 Å². The molecule has 2 nitrogen and oxygen atoms in total. The Morgan fingerprint density at radius 1 is 1.32 bits per heavy atom. The van der Waals surface area contributed by atoms with Crippen molar-refractivity contribution in [3.05, 3.63) is 42.1 Å². The summed E-state index contributed by atoms with van der Waals surface area (Å²) in [6, 6.07) is 10.5. The number of pyridine rings is 1. The molecule has 100 valence electrons. The molecule has 2 heterocycles. The standard InChI is InChI=1S/C16H19ClN2/c1-12-10-19(9-7-15(12)17)11-13-6-8-18-16-5-3-2-4-14(13)16/h2-6,8,12,15H,7,9-11H2,1H3. The maximum absolute atomic E-state index is 6.29. The molecular formula is C16H19ClN2. The first-order valence-corrected chi connectivity index (χ1v) is 7.37. The fraction of sp³-hybridized carbons (Fsp3) is 0.438. The fourth-order valence-electron chi connectivity index (χ4n) is 2.88. The third-order valence-corrected chi connectivity index (χ3v) is 4.67. The minimum Gasteiger partial charge on any atom is -0.299 e. The minimum atomic E-state index is 0.338. The van der Waals surface area contributed by atoms with Crippen LogP contribution in [0, 0.1) is 5.92 Å². The van der Waals surface area contributed by atoms with Gasteiger partial charge >= 0.3 is 0 Å². The number of alkyl halides is 1. The molecule has 2 unspecified atom stereocenters. The van der Waals surface area contributed by atoms with Gasteiger partial charge in [-0.2, -0.15) is 0 Å². The molecule has 3 heteroatoms. The molecular weight excluding hydrogens is 256 g/mol. The Balaban J connectivity index is 1.82. The topological polar surface area (TPSA) is 16.1 Å². The monoisotopic (exact) mass is 274 g/mol. The SMILES string of the molecule is CC1CN(Cc2ccnc3ccccc23)CCC1Cl. The molecule has 0 spiro atoms. The predicted octanol–water partition coefficient (Wildman–Crippen LogP) is 3.68. The molecule has 0 saturated carbocycles. The largest absolute Gasteiger partial charge is 0.299 e. The fourth-order valence-corrected chi connectivity index (χ4v) is 3.06. The van der Waals surface area contributed by atoms with E-state index in [0.717, 1.165) is 31.6 Å². The van der Waals surface area contributed by atoms with Crippen molar-refractivity contribution in [2.45, 2.75) is 25.3 Å². The minimum absolute atomic E-state index is 0.338. The van der Waals surface area contributed by atoms with E-state index in [0.29, 0.717) is 11.3 Å². The summed E-state index contributed by atoms with van der Waals surface area (Å²) in [5.74, 6) is 0.573.